The van der Waals surface area contributed by atoms with Crippen LogP contribution in [0.15, 0.2) is 12.1 Å². The molecule has 0 aliphatic heterocycles. The minimum absolute atomic E-state index is 0.559. The third-order valence-electron chi connectivity index (χ3n) is 2.63. The number of rotatable bonds is 3. The van der Waals surface area contributed by atoms with Gasteiger partial charge in [-0.3, -0.25) is 0 Å². The fourth-order valence-electron chi connectivity index (χ4n) is 1.78. The monoisotopic (exact) mass is 222 g/mol. The first-order valence-corrected chi connectivity index (χ1v) is 5.73. The summed E-state index contributed by atoms with van der Waals surface area (Å²) in [6.07, 6.45) is 3.51. The molecule has 3 heteroatoms. The van der Waals surface area contributed by atoms with E-state index in [4.69, 9.17) is 11.6 Å². The zero-order valence-corrected chi connectivity index (χ0v) is 9.86. The molecule has 0 saturated heterocycles. The fraction of sp³-hybridized carbons (Fsp3) is 0.417. The molecule has 0 spiro atoms. The third kappa shape index (κ3) is 2.15. The summed E-state index contributed by atoms with van der Waals surface area (Å²) in [5.41, 5.74) is 3.35. The van der Waals surface area contributed by atoms with Crippen LogP contribution < -0.4 is 0 Å². The number of H-pyrrole nitrogens is 1. The van der Waals surface area contributed by atoms with Gasteiger partial charge in [-0.2, -0.15) is 0 Å². The highest BCUT2D eigenvalue weighted by Crippen LogP contribution is 2.21. The van der Waals surface area contributed by atoms with Gasteiger partial charge >= 0.3 is 0 Å². The molecule has 2 heterocycles. The van der Waals surface area contributed by atoms with E-state index in [1.54, 1.807) is 0 Å². The van der Waals surface area contributed by atoms with Gasteiger partial charge in [-0.1, -0.05) is 24.9 Å². The van der Waals surface area contributed by atoms with E-state index in [-0.39, 0.29) is 0 Å². The van der Waals surface area contributed by atoms with Crippen molar-refractivity contribution in [3.63, 3.8) is 0 Å². The molecule has 0 aliphatic carbocycles. The predicted molar refractivity (Wildman–Crippen MR) is 64.5 cm³/mol. The second-order valence-electron chi connectivity index (χ2n) is 3.92. The first-order chi connectivity index (χ1) is 7.20. The van der Waals surface area contributed by atoms with Crippen molar-refractivity contribution >= 4 is 22.6 Å². The van der Waals surface area contributed by atoms with Gasteiger partial charge in [0.25, 0.3) is 0 Å². The molecule has 0 aromatic carbocycles. The smallest absolute Gasteiger partial charge is 0.139 e. The van der Waals surface area contributed by atoms with E-state index < -0.39 is 0 Å². The second kappa shape index (κ2) is 4.23. The quantitative estimate of drug-likeness (QED) is 0.785. The van der Waals surface area contributed by atoms with E-state index in [1.807, 2.05) is 6.07 Å². The second-order valence-corrected chi connectivity index (χ2v) is 4.31. The topological polar surface area (TPSA) is 28.7 Å². The summed E-state index contributed by atoms with van der Waals surface area (Å²) in [4.78, 5) is 7.59. The van der Waals surface area contributed by atoms with Crippen LogP contribution in [0.3, 0.4) is 0 Å². The number of hydrogen-bond acceptors (Lipinski definition) is 1. The van der Waals surface area contributed by atoms with E-state index in [0.29, 0.717) is 5.15 Å². The molecular formula is C12H15ClN2. The van der Waals surface area contributed by atoms with Gasteiger partial charge in [-0.25, -0.2) is 4.98 Å². The van der Waals surface area contributed by atoms with Crippen LogP contribution in [0.1, 0.15) is 31.0 Å². The molecule has 2 aromatic rings. The number of hydrogen-bond donors (Lipinski definition) is 1. The molecule has 2 aromatic heterocycles. The Morgan fingerprint density at radius 3 is 2.93 bits per heavy atom. The van der Waals surface area contributed by atoms with Crippen LogP contribution in [0.2, 0.25) is 5.15 Å². The van der Waals surface area contributed by atoms with Crippen molar-refractivity contribution in [3.05, 3.63) is 28.5 Å². The number of aryl methyl sites for hydroxylation is 2. The number of nitrogens with one attached hydrogen (secondary N) is 1. The van der Waals surface area contributed by atoms with Gasteiger partial charge in [0.05, 0.1) is 0 Å². The molecule has 1 N–H and O–H groups in total. The van der Waals surface area contributed by atoms with Crippen LogP contribution in [0.5, 0.6) is 0 Å². The average molecular weight is 223 g/mol. The molecule has 0 aliphatic rings. The number of fused-ring (bicyclic) bond motifs is 1. The number of halogens is 1. The lowest BCUT2D eigenvalue weighted by Gasteiger charge is -1.95. The molecule has 0 fully saturated rings. The van der Waals surface area contributed by atoms with Crippen LogP contribution in [0, 0.1) is 6.92 Å². The summed E-state index contributed by atoms with van der Waals surface area (Å²) in [7, 11) is 0. The lowest BCUT2D eigenvalue weighted by Crippen LogP contribution is -1.84. The standard InChI is InChI=1S/C12H15ClN2/c1-3-4-5-9-7-10-8(2)6-11(13)15-12(10)14-9/h6-7H,3-5H2,1-2H3,(H,14,15). The van der Waals surface area contributed by atoms with E-state index in [2.05, 4.69) is 29.9 Å². The van der Waals surface area contributed by atoms with E-state index >= 15 is 0 Å². The van der Waals surface area contributed by atoms with Gasteiger partial charge in [0.1, 0.15) is 10.8 Å². The summed E-state index contributed by atoms with van der Waals surface area (Å²) in [6, 6.07) is 4.09. The maximum Gasteiger partial charge on any atom is 0.139 e. The largest absolute Gasteiger partial charge is 0.343 e. The molecule has 2 rings (SSSR count). The average Bonchev–Trinajstić information content (AvgIpc) is 2.57. The summed E-state index contributed by atoms with van der Waals surface area (Å²) in [6.45, 7) is 4.26. The van der Waals surface area contributed by atoms with Crippen molar-refractivity contribution < 1.29 is 0 Å². The van der Waals surface area contributed by atoms with Crippen molar-refractivity contribution in [2.75, 3.05) is 0 Å². The maximum atomic E-state index is 5.91. The number of aromatic nitrogens is 2. The SMILES string of the molecule is CCCCc1cc2c(C)cc(Cl)nc2[nH]1. The van der Waals surface area contributed by atoms with Gasteiger partial charge in [0.2, 0.25) is 0 Å². The number of pyridine rings is 1. The highest BCUT2D eigenvalue weighted by molar-refractivity contribution is 6.29. The Morgan fingerprint density at radius 1 is 1.40 bits per heavy atom. The van der Waals surface area contributed by atoms with E-state index in [1.165, 1.54) is 29.5 Å². The van der Waals surface area contributed by atoms with Crippen molar-refractivity contribution in [1.82, 2.24) is 9.97 Å². The summed E-state index contributed by atoms with van der Waals surface area (Å²) in [5.74, 6) is 0. The minimum Gasteiger partial charge on any atom is -0.343 e. The van der Waals surface area contributed by atoms with Gasteiger partial charge in [0, 0.05) is 11.1 Å². The molecule has 15 heavy (non-hydrogen) atoms. The summed E-state index contributed by atoms with van der Waals surface area (Å²) in [5, 5.41) is 1.74. The number of nitrogens with zero attached hydrogens (tertiary/aromatic N) is 1. The lowest BCUT2D eigenvalue weighted by atomic mass is 10.1. The van der Waals surface area contributed by atoms with Crippen LogP contribution >= 0.6 is 11.6 Å². The van der Waals surface area contributed by atoms with Crippen LogP contribution in [0.25, 0.3) is 11.0 Å². The van der Waals surface area contributed by atoms with Crippen molar-refractivity contribution in [2.24, 2.45) is 0 Å². The molecular weight excluding hydrogens is 208 g/mol. The Balaban J connectivity index is 2.41. The Morgan fingerprint density at radius 2 is 2.20 bits per heavy atom. The Kier molecular flexibility index (Phi) is 2.96. The summed E-state index contributed by atoms with van der Waals surface area (Å²) < 4.78 is 0. The normalized spacial score (nSPS) is 11.1. The molecule has 0 amide bonds. The van der Waals surface area contributed by atoms with E-state index in [9.17, 15) is 0 Å². The van der Waals surface area contributed by atoms with Crippen LogP contribution in [0.4, 0.5) is 0 Å². The zero-order chi connectivity index (χ0) is 10.8. The highest BCUT2D eigenvalue weighted by Gasteiger charge is 2.05. The van der Waals surface area contributed by atoms with Gasteiger partial charge in [-0.15, -0.1) is 0 Å². The van der Waals surface area contributed by atoms with Crippen LogP contribution in [-0.2, 0) is 6.42 Å². The van der Waals surface area contributed by atoms with Crippen LogP contribution in [-0.4, -0.2) is 9.97 Å². The predicted octanol–water partition coefficient (Wildman–Crippen LogP) is 3.87. The first-order valence-electron chi connectivity index (χ1n) is 5.35. The van der Waals surface area contributed by atoms with Gasteiger partial charge in [-0.05, 0) is 37.5 Å². The first kappa shape index (κ1) is 10.5. The van der Waals surface area contributed by atoms with Crippen molar-refractivity contribution in [3.8, 4) is 0 Å². The van der Waals surface area contributed by atoms with Crippen molar-refractivity contribution in [2.45, 2.75) is 33.1 Å². The number of aromatic amines is 1. The Bertz CT molecular complexity index is 474. The highest BCUT2D eigenvalue weighted by atomic mass is 35.5. The third-order valence-corrected chi connectivity index (χ3v) is 2.83. The Hall–Kier alpha value is -1.02. The molecule has 0 saturated carbocycles. The molecule has 0 unspecified atom stereocenters. The molecule has 0 atom stereocenters. The molecule has 2 nitrogen and oxygen atoms in total. The molecule has 80 valence electrons. The summed E-state index contributed by atoms with van der Waals surface area (Å²) >= 11 is 5.91. The Labute approximate surface area is 94.7 Å². The zero-order valence-electron chi connectivity index (χ0n) is 9.10. The van der Waals surface area contributed by atoms with E-state index in [0.717, 1.165) is 12.1 Å². The van der Waals surface area contributed by atoms with Gasteiger partial charge < -0.3 is 4.98 Å². The molecule has 0 radical (unpaired) electrons. The molecule has 0 bridgehead atoms. The van der Waals surface area contributed by atoms with Crippen molar-refractivity contribution in [1.29, 1.82) is 0 Å². The van der Waals surface area contributed by atoms with Gasteiger partial charge in [0.15, 0.2) is 0 Å². The number of unbranched alkanes of at least 4 members (excludes halogenated alkanes) is 1. The fourth-order valence-corrected chi connectivity index (χ4v) is 2.03. The minimum atomic E-state index is 0.559. The maximum absolute atomic E-state index is 5.91. The lowest BCUT2D eigenvalue weighted by molar-refractivity contribution is 0.782.